The summed E-state index contributed by atoms with van der Waals surface area (Å²) in [6.07, 6.45) is 2.17. The number of hydrogen-bond acceptors (Lipinski definition) is 5. The molecular weight excluding hydrogens is 424 g/mol. The Bertz CT molecular complexity index is 898. The molecule has 0 saturated carbocycles. The summed E-state index contributed by atoms with van der Waals surface area (Å²) in [6, 6.07) is 18.6. The number of anilines is 1. The van der Waals surface area contributed by atoms with Crippen LogP contribution >= 0.6 is 27.3 Å². The zero-order valence-electron chi connectivity index (χ0n) is 14.6. The Morgan fingerprint density at radius 3 is 2.70 bits per heavy atom. The lowest BCUT2D eigenvalue weighted by Gasteiger charge is -2.24. The van der Waals surface area contributed by atoms with E-state index in [0.717, 1.165) is 40.0 Å². The van der Waals surface area contributed by atoms with Crippen molar-refractivity contribution in [2.75, 3.05) is 11.5 Å². The number of carbonyl (C=O) groups excluding carboxylic acids is 1. The maximum Gasteiger partial charge on any atom is 0.188 e. The van der Waals surface area contributed by atoms with Gasteiger partial charge in [-0.15, -0.1) is 11.3 Å². The third kappa shape index (κ3) is 4.13. The molecule has 2 unspecified atom stereocenters. The average Bonchev–Trinajstić information content (AvgIpc) is 3.34. The van der Waals surface area contributed by atoms with Crippen molar-refractivity contribution in [3.63, 3.8) is 0 Å². The van der Waals surface area contributed by atoms with Crippen LogP contribution < -0.4 is 4.90 Å². The summed E-state index contributed by atoms with van der Waals surface area (Å²) in [5, 5.41) is 2.87. The third-order valence-electron chi connectivity index (χ3n) is 4.71. The molecule has 2 heterocycles. The van der Waals surface area contributed by atoms with Crippen molar-refractivity contribution in [2.24, 2.45) is 0 Å². The van der Waals surface area contributed by atoms with Crippen molar-refractivity contribution in [3.05, 3.63) is 70.0 Å². The Morgan fingerprint density at radius 1 is 1.19 bits per heavy atom. The van der Waals surface area contributed by atoms with Gasteiger partial charge in [-0.2, -0.15) is 0 Å². The van der Waals surface area contributed by atoms with Crippen LogP contribution in [0.15, 0.2) is 64.5 Å². The summed E-state index contributed by atoms with van der Waals surface area (Å²) in [5.41, 5.74) is 3.27. The van der Waals surface area contributed by atoms with E-state index in [2.05, 4.69) is 40.2 Å². The number of ether oxygens (including phenoxy) is 1. The molecule has 0 amide bonds. The Morgan fingerprint density at radius 2 is 1.96 bits per heavy atom. The van der Waals surface area contributed by atoms with Crippen LogP contribution in [0.1, 0.15) is 12.0 Å². The maximum atomic E-state index is 11.5. The molecule has 138 valence electrons. The molecule has 27 heavy (non-hydrogen) atoms. The Balaban J connectivity index is 1.53. The minimum Gasteiger partial charge on any atom is -0.349 e. The van der Waals surface area contributed by atoms with E-state index in [9.17, 15) is 4.79 Å². The molecule has 1 aliphatic rings. The van der Waals surface area contributed by atoms with Gasteiger partial charge in [0.2, 0.25) is 0 Å². The number of benzene rings is 2. The lowest BCUT2D eigenvalue weighted by Crippen LogP contribution is -2.38. The SMILES string of the molecule is O=CC1OCC(CCc2ccccc2)N1c1nc(-c2ccc(Br)cc2)cs1. The molecule has 0 bridgehead atoms. The molecule has 0 N–H and O–H groups in total. The van der Waals surface area contributed by atoms with Gasteiger partial charge in [0.1, 0.15) is 0 Å². The molecule has 6 heteroatoms. The average molecular weight is 443 g/mol. The fraction of sp³-hybridized carbons (Fsp3) is 0.238. The molecule has 1 fully saturated rings. The highest BCUT2D eigenvalue weighted by molar-refractivity contribution is 9.10. The van der Waals surface area contributed by atoms with E-state index >= 15 is 0 Å². The van der Waals surface area contributed by atoms with Gasteiger partial charge in [0.05, 0.1) is 18.3 Å². The summed E-state index contributed by atoms with van der Waals surface area (Å²) >= 11 is 5.01. The first kappa shape index (κ1) is 18.3. The van der Waals surface area contributed by atoms with Crippen LogP contribution in [0.4, 0.5) is 5.13 Å². The van der Waals surface area contributed by atoms with Crippen molar-refractivity contribution in [3.8, 4) is 11.3 Å². The minimum absolute atomic E-state index is 0.143. The largest absolute Gasteiger partial charge is 0.349 e. The van der Waals surface area contributed by atoms with E-state index in [1.807, 2.05) is 40.6 Å². The molecule has 0 aliphatic carbocycles. The summed E-state index contributed by atoms with van der Waals surface area (Å²) < 4.78 is 6.76. The number of aromatic nitrogens is 1. The maximum absolute atomic E-state index is 11.5. The quantitative estimate of drug-likeness (QED) is 0.507. The molecule has 4 rings (SSSR count). The zero-order valence-corrected chi connectivity index (χ0v) is 17.0. The predicted molar refractivity (Wildman–Crippen MR) is 112 cm³/mol. The van der Waals surface area contributed by atoms with Gasteiger partial charge in [0.25, 0.3) is 0 Å². The van der Waals surface area contributed by atoms with Crippen LogP contribution in [0.5, 0.6) is 0 Å². The number of aryl methyl sites for hydroxylation is 1. The molecule has 1 aliphatic heterocycles. The molecule has 0 spiro atoms. The van der Waals surface area contributed by atoms with Crippen molar-refractivity contribution >= 4 is 38.7 Å². The minimum atomic E-state index is -0.560. The van der Waals surface area contributed by atoms with E-state index < -0.39 is 6.23 Å². The fourth-order valence-corrected chi connectivity index (χ4v) is 4.48. The second-order valence-electron chi connectivity index (χ2n) is 6.47. The first-order valence-electron chi connectivity index (χ1n) is 8.85. The van der Waals surface area contributed by atoms with E-state index in [-0.39, 0.29) is 6.04 Å². The van der Waals surface area contributed by atoms with Gasteiger partial charge in [0.15, 0.2) is 17.6 Å². The van der Waals surface area contributed by atoms with Gasteiger partial charge in [-0.25, -0.2) is 4.98 Å². The second-order valence-corrected chi connectivity index (χ2v) is 8.22. The molecule has 2 aromatic carbocycles. The lowest BCUT2D eigenvalue weighted by atomic mass is 10.1. The normalized spacial score (nSPS) is 19.4. The molecule has 2 atom stereocenters. The number of thiazole rings is 1. The molecular formula is C21H19BrN2O2S. The summed E-state index contributed by atoms with van der Waals surface area (Å²) in [4.78, 5) is 18.3. The summed E-state index contributed by atoms with van der Waals surface area (Å²) in [6.45, 7) is 0.545. The first-order chi connectivity index (χ1) is 13.2. The topological polar surface area (TPSA) is 42.4 Å². The molecule has 3 aromatic rings. The smallest absolute Gasteiger partial charge is 0.188 e. The Labute approximate surface area is 170 Å². The van der Waals surface area contributed by atoms with Crippen LogP contribution in [0.3, 0.4) is 0 Å². The van der Waals surface area contributed by atoms with E-state index in [0.29, 0.717) is 6.61 Å². The second kappa shape index (κ2) is 8.33. The third-order valence-corrected chi connectivity index (χ3v) is 6.09. The predicted octanol–water partition coefficient (Wildman–Crippen LogP) is 4.94. The molecule has 1 saturated heterocycles. The number of halogens is 1. The Kier molecular flexibility index (Phi) is 5.66. The van der Waals surface area contributed by atoms with Gasteiger partial charge < -0.3 is 9.64 Å². The van der Waals surface area contributed by atoms with Gasteiger partial charge in [-0.3, -0.25) is 4.79 Å². The number of rotatable bonds is 6. The summed E-state index contributed by atoms with van der Waals surface area (Å²) in [5.74, 6) is 0. The highest BCUT2D eigenvalue weighted by Gasteiger charge is 2.35. The van der Waals surface area contributed by atoms with Crippen molar-refractivity contribution in [1.82, 2.24) is 4.98 Å². The standard InChI is InChI=1S/C21H19BrN2O2S/c22-17-9-7-16(8-10-17)19-14-27-21(23-19)24-18(13-26-20(24)12-25)11-6-15-4-2-1-3-5-15/h1-5,7-10,12,14,18,20H,6,11,13H2. The van der Waals surface area contributed by atoms with Gasteiger partial charge in [-0.1, -0.05) is 58.4 Å². The van der Waals surface area contributed by atoms with E-state index in [4.69, 9.17) is 9.72 Å². The molecule has 4 nitrogen and oxygen atoms in total. The van der Waals surface area contributed by atoms with Crippen molar-refractivity contribution in [2.45, 2.75) is 25.1 Å². The summed E-state index contributed by atoms with van der Waals surface area (Å²) in [7, 11) is 0. The highest BCUT2D eigenvalue weighted by Crippen LogP contribution is 2.33. The number of carbonyl (C=O) groups is 1. The number of hydrogen-bond donors (Lipinski definition) is 0. The fourth-order valence-electron chi connectivity index (χ4n) is 3.28. The van der Waals surface area contributed by atoms with Gasteiger partial charge in [0, 0.05) is 15.4 Å². The van der Waals surface area contributed by atoms with Crippen molar-refractivity contribution in [1.29, 1.82) is 0 Å². The van der Waals surface area contributed by atoms with Crippen LogP contribution in [-0.2, 0) is 16.0 Å². The number of aldehydes is 1. The molecule has 1 aromatic heterocycles. The van der Waals surface area contributed by atoms with E-state index in [1.165, 1.54) is 5.56 Å². The zero-order chi connectivity index (χ0) is 18.6. The highest BCUT2D eigenvalue weighted by atomic mass is 79.9. The van der Waals surface area contributed by atoms with Crippen LogP contribution in [0, 0.1) is 0 Å². The monoisotopic (exact) mass is 442 g/mol. The van der Waals surface area contributed by atoms with Gasteiger partial charge in [-0.05, 0) is 30.5 Å². The molecule has 0 radical (unpaired) electrons. The van der Waals surface area contributed by atoms with Gasteiger partial charge >= 0.3 is 0 Å². The van der Waals surface area contributed by atoms with E-state index in [1.54, 1.807) is 11.3 Å². The van der Waals surface area contributed by atoms with Crippen molar-refractivity contribution < 1.29 is 9.53 Å². The number of nitrogens with zero attached hydrogens (tertiary/aromatic N) is 2. The van der Waals surface area contributed by atoms with Crippen LogP contribution in [-0.4, -0.2) is 30.1 Å². The lowest BCUT2D eigenvalue weighted by molar-refractivity contribution is -0.115. The first-order valence-corrected chi connectivity index (χ1v) is 10.5. The van der Waals surface area contributed by atoms with Crippen LogP contribution in [0.2, 0.25) is 0 Å². The van der Waals surface area contributed by atoms with Crippen LogP contribution in [0.25, 0.3) is 11.3 Å². The Hall–Kier alpha value is -2.02.